The van der Waals surface area contributed by atoms with Gasteiger partial charge in [0.25, 0.3) is 0 Å². The van der Waals surface area contributed by atoms with Gasteiger partial charge in [0.2, 0.25) is 0 Å². The van der Waals surface area contributed by atoms with Gasteiger partial charge in [-0.15, -0.1) is 0 Å². The molecule has 0 unspecified atom stereocenters. The van der Waals surface area contributed by atoms with Gasteiger partial charge in [-0.1, -0.05) is 29.3 Å². The molecule has 0 amide bonds. The molecule has 0 fully saturated rings. The van der Waals surface area contributed by atoms with Crippen molar-refractivity contribution in [3.05, 3.63) is 57.1 Å². The lowest BCUT2D eigenvalue weighted by molar-refractivity contribution is 0.469. The Hall–Kier alpha value is -1.38. The number of benzene rings is 2. The molecule has 4 heteroatoms. The van der Waals surface area contributed by atoms with Crippen LogP contribution in [0.1, 0.15) is 16.7 Å². The van der Waals surface area contributed by atoms with Gasteiger partial charge in [0.15, 0.2) is 0 Å². The fraction of sp³-hybridized carbons (Fsp3) is 0.200. The third-order valence-corrected chi connectivity index (χ3v) is 3.32. The minimum Gasteiger partial charge on any atom is -0.506 e. The molecular formula is C15H15Cl2NO. The Bertz CT molecular complexity index is 591. The van der Waals surface area contributed by atoms with Crippen molar-refractivity contribution in [2.24, 2.45) is 0 Å². The fourth-order valence-electron chi connectivity index (χ4n) is 2.03. The molecule has 0 aromatic heterocycles. The molecule has 100 valence electrons. The average Bonchev–Trinajstić information content (AvgIpc) is 2.30. The van der Waals surface area contributed by atoms with E-state index < -0.39 is 0 Å². The van der Waals surface area contributed by atoms with E-state index in [-0.39, 0.29) is 10.8 Å². The van der Waals surface area contributed by atoms with E-state index in [0.29, 0.717) is 17.1 Å². The molecule has 2 N–H and O–H groups in total. The van der Waals surface area contributed by atoms with E-state index in [0.717, 1.165) is 5.69 Å². The molecule has 0 saturated carbocycles. The smallest absolute Gasteiger partial charge is 0.139 e. The van der Waals surface area contributed by atoms with Gasteiger partial charge >= 0.3 is 0 Å². The van der Waals surface area contributed by atoms with E-state index in [1.165, 1.54) is 17.2 Å². The van der Waals surface area contributed by atoms with Crippen molar-refractivity contribution in [3.8, 4) is 5.75 Å². The molecule has 2 aromatic carbocycles. The molecule has 2 nitrogen and oxygen atoms in total. The Labute approximate surface area is 123 Å². The van der Waals surface area contributed by atoms with Gasteiger partial charge in [-0.05, 0) is 49.2 Å². The highest BCUT2D eigenvalue weighted by molar-refractivity contribution is 6.35. The molecule has 0 radical (unpaired) electrons. The molecular weight excluding hydrogens is 281 g/mol. The maximum Gasteiger partial charge on any atom is 0.139 e. The summed E-state index contributed by atoms with van der Waals surface area (Å²) in [5.74, 6) is 0.0722. The van der Waals surface area contributed by atoms with E-state index in [1.54, 1.807) is 6.07 Å². The van der Waals surface area contributed by atoms with Crippen LogP contribution in [0.15, 0.2) is 30.3 Å². The second-order valence-corrected chi connectivity index (χ2v) is 5.47. The molecule has 0 aliphatic carbocycles. The summed E-state index contributed by atoms with van der Waals surface area (Å²) in [4.78, 5) is 0. The number of hydrogen-bond acceptors (Lipinski definition) is 2. The van der Waals surface area contributed by atoms with Crippen LogP contribution in [0.2, 0.25) is 10.0 Å². The number of halogens is 2. The predicted octanol–water partition coefficient (Wildman–Crippen LogP) is 4.93. The first-order valence-electron chi connectivity index (χ1n) is 5.95. The van der Waals surface area contributed by atoms with Crippen molar-refractivity contribution in [1.82, 2.24) is 0 Å². The summed E-state index contributed by atoms with van der Waals surface area (Å²) < 4.78 is 0. The monoisotopic (exact) mass is 295 g/mol. The minimum atomic E-state index is 0.0722. The molecule has 0 aliphatic heterocycles. The topological polar surface area (TPSA) is 32.3 Å². The molecule has 0 saturated heterocycles. The summed E-state index contributed by atoms with van der Waals surface area (Å²) in [6, 6.07) is 9.45. The molecule has 0 spiro atoms. The lowest BCUT2D eigenvalue weighted by Gasteiger charge is -2.11. The molecule has 19 heavy (non-hydrogen) atoms. The van der Waals surface area contributed by atoms with Gasteiger partial charge in [0.1, 0.15) is 5.75 Å². The summed E-state index contributed by atoms with van der Waals surface area (Å²) in [5, 5.41) is 13.9. The number of aryl methyl sites for hydroxylation is 2. The Morgan fingerprint density at radius 3 is 2.26 bits per heavy atom. The summed E-state index contributed by atoms with van der Waals surface area (Å²) in [7, 11) is 0. The molecule has 0 aliphatic rings. The van der Waals surface area contributed by atoms with E-state index >= 15 is 0 Å². The van der Waals surface area contributed by atoms with Gasteiger partial charge in [-0.3, -0.25) is 0 Å². The van der Waals surface area contributed by atoms with Crippen LogP contribution in [0.3, 0.4) is 0 Å². The van der Waals surface area contributed by atoms with Gasteiger partial charge in [-0.2, -0.15) is 0 Å². The number of anilines is 1. The minimum absolute atomic E-state index is 0.0722. The zero-order chi connectivity index (χ0) is 14.0. The second-order valence-electron chi connectivity index (χ2n) is 4.63. The average molecular weight is 296 g/mol. The van der Waals surface area contributed by atoms with Gasteiger partial charge in [-0.25, -0.2) is 0 Å². The van der Waals surface area contributed by atoms with Crippen molar-refractivity contribution < 1.29 is 5.11 Å². The van der Waals surface area contributed by atoms with Crippen LogP contribution in [0.4, 0.5) is 5.69 Å². The summed E-state index contributed by atoms with van der Waals surface area (Å²) >= 11 is 11.8. The maximum absolute atomic E-state index is 9.88. The van der Waals surface area contributed by atoms with E-state index in [4.69, 9.17) is 23.2 Å². The van der Waals surface area contributed by atoms with Crippen LogP contribution in [-0.4, -0.2) is 5.11 Å². The van der Waals surface area contributed by atoms with Gasteiger partial charge < -0.3 is 10.4 Å². The lowest BCUT2D eigenvalue weighted by Crippen LogP contribution is -2.00. The van der Waals surface area contributed by atoms with Crippen molar-refractivity contribution in [1.29, 1.82) is 0 Å². The Morgan fingerprint density at radius 1 is 1.00 bits per heavy atom. The van der Waals surface area contributed by atoms with Crippen molar-refractivity contribution in [3.63, 3.8) is 0 Å². The fourth-order valence-corrected chi connectivity index (χ4v) is 2.56. The van der Waals surface area contributed by atoms with Crippen molar-refractivity contribution in [2.45, 2.75) is 20.4 Å². The zero-order valence-corrected chi connectivity index (χ0v) is 12.3. The predicted molar refractivity (Wildman–Crippen MR) is 81.4 cm³/mol. The van der Waals surface area contributed by atoms with Crippen LogP contribution < -0.4 is 5.32 Å². The Balaban J connectivity index is 2.19. The normalized spacial score (nSPS) is 10.5. The first-order chi connectivity index (χ1) is 8.95. The second kappa shape index (κ2) is 5.72. The highest BCUT2D eigenvalue weighted by atomic mass is 35.5. The third kappa shape index (κ3) is 3.55. The number of hydrogen-bond donors (Lipinski definition) is 2. The standard InChI is InChI=1S/C15H15Cl2NO/c1-9-3-10(2)5-13(4-9)18-8-11-6-12(16)7-14(17)15(11)19/h3-7,18-19H,8H2,1-2H3. The highest BCUT2D eigenvalue weighted by Crippen LogP contribution is 2.31. The molecule has 0 bridgehead atoms. The summed E-state index contributed by atoms with van der Waals surface area (Å²) in [5.41, 5.74) is 4.07. The van der Waals surface area contributed by atoms with Crippen LogP contribution in [-0.2, 0) is 6.54 Å². The van der Waals surface area contributed by atoms with E-state index in [1.807, 2.05) is 13.8 Å². The number of nitrogens with one attached hydrogen (secondary N) is 1. The van der Waals surface area contributed by atoms with Crippen molar-refractivity contribution >= 4 is 28.9 Å². The zero-order valence-electron chi connectivity index (χ0n) is 10.8. The third-order valence-electron chi connectivity index (χ3n) is 2.81. The van der Waals surface area contributed by atoms with E-state index in [2.05, 4.69) is 23.5 Å². The van der Waals surface area contributed by atoms with E-state index in [9.17, 15) is 5.11 Å². The quantitative estimate of drug-likeness (QED) is 0.842. The molecule has 0 atom stereocenters. The molecule has 0 heterocycles. The Kier molecular flexibility index (Phi) is 4.23. The summed E-state index contributed by atoms with van der Waals surface area (Å²) in [6.45, 7) is 4.56. The van der Waals surface area contributed by atoms with Crippen LogP contribution >= 0.6 is 23.2 Å². The summed E-state index contributed by atoms with van der Waals surface area (Å²) in [6.07, 6.45) is 0. The van der Waals surface area contributed by atoms with Gasteiger partial charge in [0, 0.05) is 22.8 Å². The highest BCUT2D eigenvalue weighted by Gasteiger charge is 2.07. The molecule has 2 rings (SSSR count). The first kappa shape index (κ1) is 14.0. The largest absolute Gasteiger partial charge is 0.506 e. The number of phenolic OH excluding ortho intramolecular Hbond substituents is 1. The number of phenols is 1. The van der Waals surface area contributed by atoms with Crippen molar-refractivity contribution in [2.75, 3.05) is 5.32 Å². The van der Waals surface area contributed by atoms with Crippen LogP contribution in [0, 0.1) is 13.8 Å². The number of rotatable bonds is 3. The van der Waals surface area contributed by atoms with Crippen LogP contribution in [0.5, 0.6) is 5.75 Å². The number of aromatic hydroxyl groups is 1. The SMILES string of the molecule is Cc1cc(C)cc(NCc2cc(Cl)cc(Cl)c2O)c1. The maximum atomic E-state index is 9.88. The Morgan fingerprint density at radius 2 is 1.63 bits per heavy atom. The van der Waals surface area contributed by atoms with Gasteiger partial charge in [0.05, 0.1) is 5.02 Å². The lowest BCUT2D eigenvalue weighted by atomic mass is 10.1. The van der Waals surface area contributed by atoms with Crippen LogP contribution in [0.25, 0.3) is 0 Å². The first-order valence-corrected chi connectivity index (χ1v) is 6.70. The molecule has 2 aromatic rings.